The average molecular weight is 648 g/mol. The number of hydrogen-bond acceptors (Lipinski definition) is 9. The summed E-state index contributed by atoms with van der Waals surface area (Å²) in [6, 6.07) is 13.4. The van der Waals surface area contributed by atoms with Crippen LogP contribution in [0.5, 0.6) is 17.4 Å². The molecule has 1 unspecified atom stereocenters. The van der Waals surface area contributed by atoms with E-state index in [4.69, 9.17) is 9.47 Å². The van der Waals surface area contributed by atoms with Gasteiger partial charge in [-0.1, -0.05) is 18.2 Å². The molecule has 2 fully saturated rings. The lowest BCUT2D eigenvalue weighted by Crippen LogP contribution is -2.46. The first-order valence-electron chi connectivity index (χ1n) is 15.6. The largest absolute Gasteiger partial charge is 0.508 e. The summed E-state index contributed by atoms with van der Waals surface area (Å²) in [5.41, 5.74) is 2.78. The van der Waals surface area contributed by atoms with Crippen molar-refractivity contribution in [2.75, 3.05) is 32.1 Å². The van der Waals surface area contributed by atoms with E-state index in [1.54, 1.807) is 30.0 Å². The molecule has 12 heteroatoms. The molecular formula is C34H38FN5O5S. The molecule has 1 atom stereocenters. The minimum atomic E-state index is -0.641. The Morgan fingerprint density at radius 3 is 2.57 bits per heavy atom. The van der Waals surface area contributed by atoms with E-state index in [0.717, 1.165) is 59.9 Å². The molecule has 242 valence electrons. The van der Waals surface area contributed by atoms with Gasteiger partial charge in [0.1, 0.15) is 28.9 Å². The van der Waals surface area contributed by atoms with Crippen molar-refractivity contribution in [3.8, 4) is 28.5 Å². The van der Waals surface area contributed by atoms with Gasteiger partial charge in [0, 0.05) is 37.5 Å². The van der Waals surface area contributed by atoms with Crippen molar-refractivity contribution in [1.82, 2.24) is 20.5 Å². The first kappa shape index (κ1) is 32.0. The highest BCUT2D eigenvalue weighted by atomic mass is 32.2. The Hall–Kier alpha value is -4.00. The molecule has 3 heterocycles. The van der Waals surface area contributed by atoms with Gasteiger partial charge in [-0.2, -0.15) is 0 Å². The van der Waals surface area contributed by atoms with E-state index >= 15 is 0 Å². The topological polar surface area (TPSA) is 125 Å². The van der Waals surface area contributed by atoms with E-state index in [-0.39, 0.29) is 41.2 Å². The summed E-state index contributed by atoms with van der Waals surface area (Å²) in [6.45, 7) is 5.54. The molecule has 2 aromatic carbocycles. The van der Waals surface area contributed by atoms with Crippen LogP contribution < -0.4 is 15.4 Å². The summed E-state index contributed by atoms with van der Waals surface area (Å²) >= 11 is 1.60. The minimum absolute atomic E-state index is 0.00141. The van der Waals surface area contributed by atoms with Gasteiger partial charge in [0.25, 0.3) is 5.91 Å². The molecule has 1 saturated heterocycles. The predicted octanol–water partition coefficient (Wildman–Crippen LogP) is 4.91. The molecule has 1 saturated carbocycles. The number of carbonyl (C=O) groups excluding carboxylic acids is 2. The Morgan fingerprint density at radius 2 is 1.83 bits per heavy atom. The third-order valence-corrected chi connectivity index (χ3v) is 9.51. The van der Waals surface area contributed by atoms with Crippen LogP contribution in [0, 0.1) is 5.82 Å². The summed E-state index contributed by atoms with van der Waals surface area (Å²) in [6.07, 6.45) is 3.83. The Kier molecular flexibility index (Phi) is 10.2. The standard InChI is InChI=1S/C34H38FN5O5S/c1-21-37-31(20-46-21)33(43)39-26-7-5-25(6-8-26)38-32(42)30-17-24(35)18-36-34(30)45-28-4-2-3-22(16-28)29-10-9-27(41)15-23(29)19-40-11-13-44-14-12-40/h2-4,9-10,15-18,25-26,31,41H,5-8,11-14,19-20H2,1H3,(H,38,42)(H,39,43)/t25-,26+,31?. The average Bonchev–Trinajstić information content (AvgIpc) is 3.50. The fourth-order valence-electron chi connectivity index (χ4n) is 6.07. The summed E-state index contributed by atoms with van der Waals surface area (Å²) in [7, 11) is 0. The number of morpholine rings is 1. The maximum absolute atomic E-state index is 14.3. The Bertz CT molecular complexity index is 1610. The first-order chi connectivity index (χ1) is 22.3. The zero-order valence-corrected chi connectivity index (χ0v) is 26.5. The molecule has 3 N–H and O–H groups in total. The van der Waals surface area contributed by atoms with Crippen molar-refractivity contribution in [3.05, 3.63) is 71.7 Å². The Balaban J connectivity index is 1.11. The lowest BCUT2D eigenvalue weighted by atomic mass is 9.90. The molecule has 3 aromatic rings. The smallest absolute Gasteiger partial charge is 0.257 e. The molecule has 1 aliphatic carbocycles. The SMILES string of the molecule is CC1=NC(C(=O)N[C@H]2CC[C@@H](NC(=O)c3cc(F)cnc3Oc3cccc(-c4ccc(O)cc4CN4CCOCC4)c3)CC2)CS1. The van der Waals surface area contributed by atoms with Crippen LogP contribution in [0.25, 0.3) is 11.1 Å². The highest BCUT2D eigenvalue weighted by Crippen LogP contribution is 2.33. The molecule has 1 aromatic heterocycles. The number of phenolic OH excluding ortho intramolecular Hbond substituents is 1. The molecule has 0 spiro atoms. The molecule has 2 amide bonds. The first-order valence-corrected chi connectivity index (χ1v) is 16.6. The zero-order valence-electron chi connectivity index (χ0n) is 25.7. The number of nitrogens with one attached hydrogen (secondary N) is 2. The van der Waals surface area contributed by atoms with Gasteiger partial charge in [0.2, 0.25) is 11.8 Å². The van der Waals surface area contributed by atoms with Crippen LogP contribution in [0.15, 0.2) is 59.7 Å². The number of hydrogen-bond donors (Lipinski definition) is 3. The minimum Gasteiger partial charge on any atom is -0.508 e. The van der Waals surface area contributed by atoms with Crippen LogP contribution in [-0.2, 0) is 16.1 Å². The quantitative estimate of drug-likeness (QED) is 0.299. The van der Waals surface area contributed by atoms with Crippen LogP contribution >= 0.6 is 11.8 Å². The maximum Gasteiger partial charge on any atom is 0.257 e. The van der Waals surface area contributed by atoms with Crippen molar-refractivity contribution in [2.24, 2.45) is 4.99 Å². The third-order valence-electron chi connectivity index (χ3n) is 8.51. The van der Waals surface area contributed by atoms with Gasteiger partial charge < -0.3 is 25.2 Å². The van der Waals surface area contributed by atoms with Crippen molar-refractivity contribution in [3.63, 3.8) is 0 Å². The van der Waals surface area contributed by atoms with Crippen LogP contribution in [0.3, 0.4) is 0 Å². The van der Waals surface area contributed by atoms with Crippen molar-refractivity contribution in [2.45, 2.75) is 57.3 Å². The summed E-state index contributed by atoms with van der Waals surface area (Å²) < 4.78 is 25.9. The number of aromatic nitrogens is 1. The number of aliphatic imine (C=N–C) groups is 1. The van der Waals surface area contributed by atoms with Crippen LogP contribution in [-0.4, -0.2) is 82.0 Å². The number of halogens is 1. The van der Waals surface area contributed by atoms with Crippen LogP contribution in [0.2, 0.25) is 0 Å². The van der Waals surface area contributed by atoms with Crippen molar-refractivity contribution < 1.29 is 28.6 Å². The number of aromatic hydroxyl groups is 1. The van der Waals surface area contributed by atoms with E-state index < -0.39 is 11.7 Å². The summed E-state index contributed by atoms with van der Waals surface area (Å²) in [5.74, 6) is 0.145. The number of thioether (sulfide) groups is 1. The lowest BCUT2D eigenvalue weighted by molar-refractivity contribution is -0.122. The summed E-state index contributed by atoms with van der Waals surface area (Å²) in [4.78, 5) is 36.7. The van der Waals surface area contributed by atoms with E-state index in [1.165, 1.54) is 0 Å². The number of nitrogens with zero attached hydrogens (tertiary/aromatic N) is 3. The third kappa shape index (κ3) is 8.04. The highest BCUT2D eigenvalue weighted by Gasteiger charge is 2.29. The molecule has 10 nitrogen and oxygen atoms in total. The second-order valence-corrected chi connectivity index (χ2v) is 13.1. The molecule has 46 heavy (non-hydrogen) atoms. The van der Waals surface area contributed by atoms with Crippen LogP contribution in [0.4, 0.5) is 4.39 Å². The number of ether oxygens (including phenoxy) is 2. The van der Waals surface area contributed by atoms with Gasteiger partial charge in [-0.25, -0.2) is 9.37 Å². The fraction of sp³-hybridized carbons (Fsp3) is 0.412. The predicted molar refractivity (Wildman–Crippen MR) is 175 cm³/mol. The van der Waals surface area contributed by atoms with Gasteiger partial charge in [0.15, 0.2) is 0 Å². The molecule has 3 aliphatic rings. The van der Waals surface area contributed by atoms with Crippen molar-refractivity contribution >= 4 is 28.6 Å². The molecule has 2 aliphatic heterocycles. The molecule has 6 rings (SSSR count). The number of rotatable bonds is 9. The maximum atomic E-state index is 14.3. The second-order valence-electron chi connectivity index (χ2n) is 11.9. The Labute approximate surface area is 271 Å². The van der Waals surface area contributed by atoms with Crippen molar-refractivity contribution in [1.29, 1.82) is 0 Å². The Morgan fingerprint density at radius 1 is 1.07 bits per heavy atom. The van der Waals surface area contributed by atoms with Gasteiger partial charge in [0.05, 0.1) is 24.5 Å². The molecule has 0 bridgehead atoms. The van der Waals surface area contributed by atoms with Gasteiger partial charge in [-0.05, 0) is 79.6 Å². The summed E-state index contributed by atoms with van der Waals surface area (Å²) in [5, 5.41) is 17.3. The van der Waals surface area contributed by atoms with Gasteiger partial charge in [-0.15, -0.1) is 11.8 Å². The normalized spacial score (nSPS) is 21.8. The van der Waals surface area contributed by atoms with Gasteiger partial charge in [-0.3, -0.25) is 19.5 Å². The van der Waals surface area contributed by atoms with Gasteiger partial charge >= 0.3 is 0 Å². The second kappa shape index (κ2) is 14.6. The number of amides is 2. The number of phenols is 1. The number of benzene rings is 2. The van der Waals surface area contributed by atoms with Crippen LogP contribution in [0.1, 0.15) is 48.5 Å². The fourth-order valence-corrected chi connectivity index (χ4v) is 6.90. The van der Waals surface area contributed by atoms with E-state index in [2.05, 4.69) is 25.5 Å². The van der Waals surface area contributed by atoms with E-state index in [9.17, 15) is 19.1 Å². The van der Waals surface area contributed by atoms with E-state index in [1.807, 2.05) is 31.2 Å². The number of carbonyl (C=O) groups is 2. The monoisotopic (exact) mass is 647 g/mol. The molecular weight excluding hydrogens is 609 g/mol. The highest BCUT2D eigenvalue weighted by molar-refractivity contribution is 8.14. The number of pyridine rings is 1. The zero-order chi connectivity index (χ0) is 32.0. The molecule has 0 radical (unpaired) electrons. The lowest BCUT2D eigenvalue weighted by Gasteiger charge is -2.30. The van der Waals surface area contributed by atoms with E-state index in [0.29, 0.717) is 44.1 Å².